The number of benzene rings is 2. The third kappa shape index (κ3) is 4.22. The lowest BCUT2D eigenvalue weighted by atomic mass is 10.1. The topological polar surface area (TPSA) is 83.6 Å². The summed E-state index contributed by atoms with van der Waals surface area (Å²) >= 11 is 0. The highest BCUT2D eigenvalue weighted by Crippen LogP contribution is 2.28. The Labute approximate surface area is 163 Å². The number of anilines is 1. The molecule has 1 fully saturated rings. The summed E-state index contributed by atoms with van der Waals surface area (Å²) in [5, 5.41) is 2.84. The van der Waals surface area contributed by atoms with Crippen molar-refractivity contribution >= 4 is 27.3 Å². The van der Waals surface area contributed by atoms with Gasteiger partial charge >= 0.3 is 0 Å². The molecule has 8 heteroatoms. The first-order chi connectivity index (χ1) is 13.2. The molecule has 0 aliphatic carbocycles. The maximum Gasteiger partial charge on any atom is 0.227 e. The van der Waals surface area contributed by atoms with E-state index in [0.29, 0.717) is 0 Å². The lowest BCUT2D eigenvalue weighted by molar-refractivity contribution is -0.126. The number of nitrogens with zero attached hydrogens (tertiary/aromatic N) is 1. The SMILES string of the molecule is C[C@H](NC(=O)[C@@H]1CC(=O)N(c2ccccc2F)C1)c1ccc(S(C)(=O)=O)cc1. The molecule has 0 saturated carbocycles. The number of rotatable bonds is 5. The van der Waals surface area contributed by atoms with Gasteiger partial charge in [0.05, 0.1) is 22.5 Å². The van der Waals surface area contributed by atoms with Crippen LogP contribution in [0.3, 0.4) is 0 Å². The zero-order chi connectivity index (χ0) is 20.5. The molecule has 2 aromatic carbocycles. The van der Waals surface area contributed by atoms with Crippen LogP contribution < -0.4 is 10.2 Å². The van der Waals surface area contributed by atoms with E-state index in [4.69, 9.17) is 0 Å². The smallest absolute Gasteiger partial charge is 0.227 e. The molecule has 0 aromatic heterocycles. The van der Waals surface area contributed by atoms with Crippen LogP contribution in [0.25, 0.3) is 0 Å². The number of nitrogens with one attached hydrogen (secondary N) is 1. The number of carbonyl (C=O) groups is 2. The first-order valence-electron chi connectivity index (χ1n) is 8.82. The lowest BCUT2D eigenvalue weighted by Crippen LogP contribution is -2.34. The third-order valence-corrected chi connectivity index (χ3v) is 5.93. The average Bonchev–Trinajstić information content (AvgIpc) is 3.03. The van der Waals surface area contributed by atoms with Gasteiger partial charge in [0, 0.05) is 19.2 Å². The average molecular weight is 404 g/mol. The van der Waals surface area contributed by atoms with Gasteiger partial charge in [-0.15, -0.1) is 0 Å². The second-order valence-electron chi connectivity index (χ2n) is 6.93. The molecule has 148 valence electrons. The molecular formula is C20H21FN2O4S. The van der Waals surface area contributed by atoms with Gasteiger partial charge in [0.25, 0.3) is 0 Å². The highest BCUT2D eigenvalue weighted by Gasteiger charge is 2.36. The Balaban J connectivity index is 1.66. The summed E-state index contributed by atoms with van der Waals surface area (Å²) in [4.78, 5) is 26.3. The van der Waals surface area contributed by atoms with Crippen molar-refractivity contribution in [1.29, 1.82) is 0 Å². The predicted molar refractivity (Wildman–Crippen MR) is 103 cm³/mol. The second-order valence-corrected chi connectivity index (χ2v) is 8.94. The summed E-state index contributed by atoms with van der Waals surface area (Å²) in [5.41, 5.74) is 0.920. The summed E-state index contributed by atoms with van der Waals surface area (Å²) in [6.45, 7) is 1.89. The molecule has 1 aliphatic rings. The van der Waals surface area contributed by atoms with Crippen molar-refractivity contribution in [2.75, 3.05) is 17.7 Å². The first-order valence-corrected chi connectivity index (χ1v) is 10.7. The van der Waals surface area contributed by atoms with Crippen LogP contribution in [0.2, 0.25) is 0 Å². The number of hydrogen-bond acceptors (Lipinski definition) is 4. The number of para-hydroxylation sites is 1. The van der Waals surface area contributed by atoms with Crippen LogP contribution >= 0.6 is 0 Å². The van der Waals surface area contributed by atoms with Crippen LogP contribution in [-0.2, 0) is 19.4 Å². The van der Waals surface area contributed by atoms with E-state index >= 15 is 0 Å². The van der Waals surface area contributed by atoms with E-state index in [0.717, 1.165) is 11.8 Å². The number of sulfone groups is 1. The molecule has 2 amide bonds. The number of amides is 2. The third-order valence-electron chi connectivity index (χ3n) is 4.81. The van der Waals surface area contributed by atoms with Gasteiger partial charge < -0.3 is 10.2 Å². The van der Waals surface area contributed by atoms with E-state index in [1.54, 1.807) is 31.2 Å². The van der Waals surface area contributed by atoms with Gasteiger partial charge in [-0.3, -0.25) is 9.59 Å². The monoisotopic (exact) mass is 404 g/mol. The van der Waals surface area contributed by atoms with Crippen molar-refractivity contribution < 1.29 is 22.4 Å². The first kappa shape index (κ1) is 20.0. The van der Waals surface area contributed by atoms with Gasteiger partial charge in [-0.25, -0.2) is 12.8 Å². The molecule has 0 unspecified atom stereocenters. The molecule has 1 aliphatic heterocycles. The van der Waals surface area contributed by atoms with Crippen molar-refractivity contribution in [3.05, 3.63) is 59.9 Å². The van der Waals surface area contributed by atoms with Gasteiger partial charge in [0.1, 0.15) is 5.82 Å². The Morgan fingerprint density at radius 3 is 2.43 bits per heavy atom. The van der Waals surface area contributed by atoms with Crippen molar-refractivity contribution in [2.24, 2.45) is 5.92 Å². The number of carbonyl (C=O) groups excluding carboxylic acids is 2. The van der Waals surface area contributed by atoms with Gasteiger partial charge in [0.15, 0.2) is 9.84 Å². The van der Waals surface area contributed by atoms with E-state index in [-0.39, 0.29) is 41.4 Å². The van der Waals surface area contributed by atoms with Crippen molar-refractivity contribution in [3.8, 4) is 0 Å². The fraction of sp³-hybridized carbons (Fsp3) is 0.300. The minimum Gasteiger partial charge on any atom is -0.349 e. The molecular weight excluding hydrogens is 383 g/mol. The number of hydrogen-bond donors (Lipinski definition) is 1. The molecule has 1 N–H and O–H groups in total. The molecule has 2 atom stereocenters. The van der Waals surface area contributed by atoms with Crippen molar-refractivity contribution in [2.45, 2.75) is 24.3 Å². The van der Waals surface area contributed by atoms with Crippen LogP contribution in [0.15, 0.2) is 53.4 Å². The highest BCUT2D eigenvalue weighted by atomic mass is 32.2. The van der Waals surface area contributed by atoms with Gasteiger partial charge in [-0.2, -0.15) is 0 Å². The molecule has 2 aromatic rings. The van der Waals surface area contributed by atoms with Gasteiger partial charge in [-0.05, 0) is 36.8 Å². The van der Waals surface area contributed by atoms with E-state index < -0.39 is 21.6 Å². The summed E-state index contributed by atoms with van der Waals surface area (Å²) in [5.74, 6) is -1.68. The highest BCUT2D eigenvalue weighted by molar-refractivity contribution is 7.90. The predicted octanol–water partition coefficient (Wildman–Crippen LogP) is 2.46. The van der Waals surface area contributed by atoms with Crippen LogP contribution in [0.5, 0.6) is 0 Å². The molecule has 0 bridgehead atoms. The molecule has 6 nitrogen and oxygen atoms in total. The lowest BCUT2D eigenvalue weighted by Gasteiger charge is -2.19. The van der Waals surface area contributed by atoms with Gasteiger partial charge in [-0.1, -0.05) is 24.3 Å². The maximum atomic E-state index is 14.0. The zero-order valence-electron chi connectivity index (χ0n) is 15.6. The van der Waals surface area contributed by atoms with Crippen molar-refractivity contribution in [3.63, 3.8) is 0 Å². The summed E-state index contributed by atoms with van der Waals surface area (Å²) in [6.07, 6.45) is 1.14. The Kier molecular flexibility index (Phi) is 5.51. The van der Waals surface area contributed by atoms with E-state index in [1.165, 1.54) is 29.2 Å². The largest absolute Gasteiger partial charge is 0.349 e. The Hall–Kier alpha value is -2.74. The summed E-state index contributed by atoms with van der Waals surface area (Å²) in [6, 6.07) is 11.9. The van der Waals surface area contributed by atoms with E-state index in [1.807, 2.05) is 0 Å². The van der Waals surface area contributed by atoms with Crippen LogP contribution in [0.1, 0.15) is 24.9 Å². The number of halogens is 1. The summed E-state index contributed by atoms with van der Waals surface area (Å²) < 4.78 is 37.0. The molecule has 1 saturated heterocycles. The van der Waals surface area contributed by atoms with Gasteiger partial charge in [0.2, 0.25) is 11.8 Å². The molecule has 0 spiro atoms. The van der Waals surface area contributed by atoms with E-state index in [2.05, 4.69) is 5.32 Å². The Bertz CT molecular complexity index is 1010. The quantitative estimate of drug-likeness (QED) is 0.830. The fourth-order valence-corrected chi connectivity index (χ4v) is 3.84. The minimum absolute atomic E-state index is 0.0138. The molecule has 0 radical (unpaired) electrons. The minimum atomic E-state index is -3.28. The Morgan fingerprint density at radius 1 is 1.18 bits per heavy atom. The zero-order valence-corrected chi connectivity index (χ0v) is 16.4. The second kappa shape index (κ2) is 7.71. The standard InChI is InChI=1S/C20H21FN2O4S/c1-13(14-7-9-16(10-8-14)28(2,26)27)22-20(25)15-11-19(24)23(12-15)18-6-4-3-5-17(18)21/h3-10,13,15H,11-12H2,1-2H3,(H,22,25)/t13-,15+/m0/s1. The Morgan fingerprint density at radius 2 is 1.82 bits per heavy atom. The van der Waals surface area contributed by atoms with Crippen LogP contribution in [0, 0.1) is 11.7 Å². The molecule has 3 rings (SSSR count). The van der Waals surface area contributed by atoms with Crippen LogP contribution in [-0.4, -0.2) is 33.0 Å². The fourth-order valence-electron chi connectivity index (χ4n) is 3.20. The van der Waals surface area contributed by atoms with Crippen LogP contribution in [0.4, 0.5) is 10.1 Å². The maximum absolute atomic E-state index is 14.0. The molecule has 1 heterocycles. The molecule has 28 heavy (non-hydrogen) atoms. The summed E-state index contributed by atoms with van der Waals surface area (Å²) in [7, 11) is -3.28. The van der Waals surface area contributed by atoms with E-state index in [9.17, 15) is 22.4 Å². The normalized spacial score (nSPS) is 18.2. The van der Waals surface area contributed by atoms with Crippen molar-refractivity contribution in [1.82, 2.24) is 5.32 Å².